The molecule has 1 aromatic rings. The summed E-state index contributed by atoms with van der Waals surface area (Å²) in [5, 5.41) is 0. The van der Waals surface area contributed by atoms with Gasteiger partial charge in [-0.1, -0.05) is 0 Å². The monoisotopic (exact) mass is 263 g/mol. The van der Waals surface area contributed by atoms with E-state index in [1.165, 1.54) is 0 Å². The molecule has 0 bridgehead atoms. The van der Waals surface area contributed by atoms with Crippen LogP contribution in [0.2, 0.25) is 0 Å². The quantitative estimate of drug-likeness (QED) is 0.894. The number of aromatic nitrogens is 2. The Labute approximate surface area is 103 Å². The van der Waals surface area contributed by atoms with Crippen molar-refractivity contribution in [2.45, 2.75) is 38.1 Å². The molecule has 0 aliphatic heterocycles. The molecule has 1 unspecified atom stereocenters. The molecule has 18 heavy (non-hydrogen) atoms. The van der Waals surface area contributed by atoms with Crippen LogP contribution in [0.25, 0.3) is 0 Å². The number of imidazole rings is 1. The van der Waals surface area contributed by atoms with Crippen LogP contribution in [0.5, 0.6) is 0 Å². The summed E-state index contributed by atoms with van der Waals surface area (Å²) in [4.78, 5) is 4.31. The topological polar surface area (TPSA) is 53.1 Å². The Morgan fingerprint density at radius 2 is 2.22 bits per heavy atom. The number of rotatable bonds is 3. The molecule has 0 saturated heterocycles. The van der Waals surface area contributed by atoms with Crippen LogP contribution in [0.4, 0.5) is 13.2 Å². The number of halogens is 3. The summed E-state index contributed by atoms with van der Waals surface area (Å²) in [5.74, 6) is 0.526. The lowest BCUT2D eigenvalue weighted by atomic mass is 9.97. The molecule has 1 atom stereocenters. The molecule has 7 heteroatoms. The van der Waals surface area contributed by atoms with Crippen LogP contribution in [0.1, 0.15) is 23.6 Å². The summed E-state index contributed by atoms with van der Waals surface area (Å²) in [6.07, 6.45) is -1.91. The molecule has 0 aromatic carbocycles. The van der Waals surface area contributed by atoms with E-state index < -0.39 is 12.8 Å². The largest absolute Gasteiger partial charge is 0.411 e. The van der Waals surface area contributed by atoms with Gasteiger partial charge in [-0.05, 0) is 12.8 Å². The van der Waals surface area contributed by atoms with Crippen molar-refractivity contribution in [1.82, 2.24) is 9.55 Å². The Balaban J connectivity index is 2.02. The molecule has 0 fully saturated rings. The van der Waals surface area contributed by atoms with Crippen molar-refractivity contribution < 1.29 is 17.9 Å². The van der Waals surface area contributed by atoms with Crippen molar-refractivity contribution in [1.29, 1.82) is 0 Å². The number of alkyl halides is 3. The maximum absolute atomic E-state index is 12.0. The molecule has 0 saturated carbocycles. The zero-order valence-electron chi connectivity index (χ0n) is 10.1. The Hall–Kier alpha value is -1.08. The van der Waals surface area contributed by atoms with Crippen molar-refractivity contribution in [2.75, 3.05) is 6.61 Å². The van der Waals surface area contributed by atoms with Crippen LogP contribution in [0, 0.1) is 0 Å². The van der Waals surface area contributed by atoms with Crippen LogP contribution in [0.15, 0.2) is 0 Å². The van der Waals surface area contributed by atoms with E-state index in [0.717, 1.165) is 24.2 Å². The third kappa shape index (κ3) is 3.02. The second-order valence-corrected chi connectivity index (χ2v) is 4.59. The lowest BCUT2D eigenvalue weighted by molar-refractivity contribution is -0.177. The van der Waals surface area contributed by atoms with Crippen LogP contribution < -0.4 is 5.73 Å². The van der Waals surface area contributed by atoms with Crippen molar-refractivity contribution >= 4 is 0 Å². The zero-order valence-corrected chi connectivity index (χ0v) is 10.1. The van der Waals surface area contributed by atoms with E-state index in [0.29, 0.717) is 12.2 Å². The standard InChI is InChI=1S/C11H16F3N3O/c1-17-9-3-2-7(15)4-8(9)16-10(17)5-18-6-11(12,13)14/h7H,2-6,15H2,1H3. The van der Waals surface area contributed by atoms with Crippen LogP contribution in [-0.4, -0.2) is 28.4 Å². The number of nitrogens with zero attached hydrogens (tertiary/aromatic N) is 2. The lowest BCUT2D eigenvalue weighted by Gasteiger charge is -2.17. The summed E-state index contributed by atoms with van der Waals surface area (Å²) in [5.41, 5.74) is 7.79. The average molecular weight is 263 g/mol. The Bertz CT molecular complexity index is 428. The zero-order chi connectivity index (χ0) is 13.3. The normalized spacial score (nSPS) is 19.9. The Morgan fingerprint density at radius 1 is 1.50 bits per heavy atom. The van der Waals surface area contributed by atoms with Gasteiger partial charge in [0.1, 0.15) is 19.0 Å². The average Bonchev–Trinajstić information content (AvgIpc) is 2.53. The van der Waals surface area contributed by atoms with Gasteiger partial charge in [-0.15, -0.1) is 0 Å². The number of ether oxygens (including phenoxy) is 1. The second kappa shape index (κ2) is 4.89. The summed E-state index contributed by atoms with van der Waals surface area (Å²) in [7, 11) is 1.80. The van der Waals surface area contributed by atoms with E-state index in [1.54, 1.807) is 7.05 Å². The van der Waals surface area contributed by atoms with E-state index >= 15 is 0 Å². The highest BCUT2D eigenvalue weighted by molar-refractivity contribution is 5.21. The highest BCUT2D eigenvalue weighted by Crippen LogP contribution is 2.22. The molecule has 1 heterocycles. The third-order valence-electron chi connectivity index (χ3n) is 3.09. The minimum Gasteiger partial charge on any atom is -0.364 e. The molecule has 0 spiro atoms. The fraction of sp³-hybridized carbons (Fsp3) is 0.727. The maximum Gasteiger partial charge on any atom is 0.411 e. The predicted octanol–water partition coefficient (Wildman–Crippen LogP) is 1.32. The fourth-order valence-corrected chi connectivity index (χ4v) is 2.18. The second-order valence-electron chi connectivity index (χ2n) is 4.59. The molecule has 1 aliphatic carbocycles. The van der Waals surface area contributed by atoms with Crippen molar-refractivity contribution in [3.63, 3.8) is 0 Å². The first kappa shape index (κ1) is 13.4. The van der Waals surface area contributed by atoms with Gasteiger partial charge >= 0.3 is 6.18 Å². The first-order valence-electron chi connectivity index (χ1n) is 5.80. The van der Waals surface area contributed by atoms with Crippen LogP contribution >= 0.6 is 0 Å². The van der Waals surface area contributed by atoms with Gasteiger partial charge in [0.25, 0.3) is 0 Å². The molecular weight excluding hydrogens is 247 g/mol. The molecule has 4 nitrogen and oxygen atoms in total. The molecule has 102 valence electrons. The van der Waals surface area contributed by atoms with Gasteiger partial charge in [0.15, 0.2) is 0 Å². The molecule has 0 amide bonds. The first-order chi connectivity index (χ1) is 8.37. The van der Waals surface area contributed by atoms with Crippen LogP contribution in [0.3, 0.4) is 0 Å². The van der Waals surface area contributed by atoms with Gasteiger partial charge in [-0.3, -0.25) is 0 Å². The molecule has 1 aromatic heterocycles. The van der Waals surface area contributed by atoms with E-state index in [1.807, 2.05) is 4.57 Å². The highest BCUT2D eigenvalue weighted by Gasteiger charge is 2.28. The molecule has 0 radical (unpaired) electrons. The maximum atomic E-state index is 12.0. The Morgan fingerprint density at radius 3 is 2.89 bits per heavy atom. The minimum absolute atomic E-state index is 0.0938. The van der Waals surface area contributed by atoms with Crippen molar-refractivity contribution in [3.8, 4) is 0 Å². The van der Waals surface area contributed by atoms with Gasteiger partial charge in [0.05, 0.1) is 5.69 Å². The van der Waals surface area contributed by atoms with E-state index in [-0.39, 0.29) is 12.6 Å². The lowest BCUT2D eigenvalue weighted by Crippen LogP contribution is -2.28. The van der Waals surface area contributed by atoms with Crippen molar-refractivity contribution in [3.05, 3.63) is 17.2 Å². The number of hydrogen-bond donors (Lipinski definition) is 1. The fourth-order valence-electron chi connectivity index (χ4n) is 2.18. The Kier molecular flexibility index (Phi) is 3.63. The van der Waals surface area contributed by atoms with Gasteiger partial charge in [-0.25, -0.2) is 4.98 Å². The minimum atomic E-state index is -4.30. The molecule has 2 rings (SSSR count). The number of fused-ring (bicyclic) bond motifs is 1. The number of hydrogen-bond acceptors (Lipinski definition) is 3. The highest BCUT2D eigenvalue weighted by atomic mass is 19.4. The smallest absolute Gasteiger partial charge is 0.364 e. The van der Waals surface area contributed by atoms with Crippen LogP contribution in [-0.2, 0) is 31.2 Å². The predicted molar refractivity (Wildman–Crippen MR) is 58.9 cm³/mol. The molecule has 2 N–H and O–H groups in total. The first-order valence-corrected chi connectivity index (χ1v) is 5.80. The third-order valence-corrected chi connectivity index (χ3v) is 3.09. The summed E-state index contributed by atoms with van der Waals surface area (Å²) >= 11 is 0. The van der Waals surface area contributed by atoms with E-state index in [4.69, 9.17) is 5.73 Å². The summed E-state index contributed by atoms with van der Waals surface area (Å²) < 4.78 is 42.4. The van der Waals surface area contributed by atoms with E-state index in [2.05, 4.69) is 9.72 Å². The van der Waals surface area contributed by atoms with Crippen molar-refractivity contribution in [2.24, 2.45) is 12.8 Å². The summed E-state index contributed by atoms with van der Waals surface area (Å²) in [6.45, 7) is -1.37. The van der Waals surface area contributed by atoms with Gasteiger partial charge < -0.3 is 15.0 Å². The van der Waals surface area contributed by atoms with Gasteiger partial charge in [-0.2, -0.15) is 13.2 Å². The number of nitrogens with two attached hydrogens (primary N) is 1. The van der Waals surface area contributed by atoms with E-state index in [9.17, 15) is 13.2 Å². The van der Waals surface area contributed by atoms with Gasteiger partial charge in [0.2, 0.25) is 0 Å². The SMILES string of the molecule is Cn1c(COCC(F)(F)F)nc2c1CCC(N)C2. The van der Waals surface area contributed by atoms with Gasteiger partial charge in [0, 0.05) is 25.2 Å². The summed E-state index contributed by atoms with van der Waals surface area (Å²) in [6, 6.07) is 0.0938. The molecular formula is C11H16F3N3O. The molecule has 1 aliphatic rings.